The molecule has 2 rings (SSSR count). The van der Waals surface area contributed by atoms with Gasteiger partial charge in [0.15, 0.2) is 0 Å². The van der Waals surface area contributed by atoms with Gasteiger partial charge >= 0.3 is 0 Å². The molecule has 1 aromatic carbocycles. The van der Waals surface area contributed by atoms with E-state index in [1.165, 1.54) is 16.8 Å². The SMILES string of the molecule is COCCN(CCCn1nc(C)cc1C)Cc1ccc(C)cc1. The molecule has 0 atom stereocenters. The van der Waals surface area contributed by atoms with Gasteiger partial charge in [-0.05, 0) is 38.8 Å². The van der Waals surface area contributed by atoms with Crippen LogP contribution >= 0.6 is 0 Å². The molecule has 4 heteroatoms. The van der Waals surface area contributed by atoms with Crippen LogP contribution in [0.4, 0.5) is 0 Å². The fourth-order valence-corrected chi connectivity index (χ4v) is 2.79. The molecule has 0 aliphatic rings. The fraction of sp³-hybridized carbons (Fsp3) is 0.526. The van der Waals surface area contributed by atoms with Crippen LogP contribution in [0.3, 0.4) is 0 Å². The highest BCUT2D eigenvalue weighted by molar-refractivity contribution is 5.21. The van der Waals surface area contributed by atoms with Crippen molar-refractivity contribution in [2.24, 2.45) is 0 Å². The molecule has 0 amide bonds. The van der Waals surface area contributed by atoms with E-state index in [-0.39, 0.29) is 0 Å². The van der Waals surface area contributed by atoms with Gasteiger partial charge in [0.25, 0.3) is 0 Å². The minimum atomic E-state index is 0.770. The third kappa shape index (κ3) is 5.81. The Bertz CT molecular complexity index is 589. The number of methoxy groups -OCH3 is 1. The van der Waals surface area contributed by atoms with Crippen molar-refractivity contribution in [1.82, 2.24) is 14.7 Å². The zero-order valence-corrected chi connectivity index (χ0v) is 14.9. The Hall–Kier alpha value is -1.65. The molecule has 126 valence electrons. The third-order valence-corrected chi connectivity index (χ3v) is 4.09. The number of aryl methyl sites for hydroxylation is 4. The van der Waals surface area contributed by atoms with Crippen molar-refractivity contribution in [2.75, 3.05) is 26.8 Å². The normalized spacial score (nSPS) is 11.3. The van der Waals surface area contributed by atoms with E-state index in [9.17, 15) is 0 Å². The van der Waals surface area contributed by atoms with Crippen LogP contribution < -0.4 is 0 Å². The molecule has 0 spiro atoms. The summed E-state index contributed by atoms with van der Waals surface area (Å²) in [5, 5.41) is 4.54. The van der Waals surface area contributed by atoms with Gasteiger partial charge in [0.05, 0.1) is 12.3 Å². The second kappa shape index (κ2) is 8.85. The Labute approximate surface area is 140 Å². The maximum Gasteiger partial charge on any atom is 0.0596 e. The van der Waals surface area contributed by atoms with E-state index in [0.29, 0.717) is 0 Å². The summed E-state index contributed by atoms with van der Waals surface area (Å²) in [4.78, 5) is 2.46. The number of aromatic nitrogens is 2. The largest absolute Gasteiger partial charge is 0.383 e. The van der Waals surface area contributed by atoms with Crippen molar-refractivity contribution in [3.8, 4) is 0 Å². The first-order chi connectivity index (χ1) is 11.1. The number of rotatable bonds is 9. The molecule has 0 saturated heterocycles. The highest BCUT2D eigenvalue weighted by Crippen LogP contribution is 2.09. The average Bonchev–Trinajstić information content (AvgIpc) is 2.84. The first kappa shape index (κ1) is 17.7. The van der Waals surface area contributed by atoms with Gasteiger partial charge in [-0.3, -0.25) is 9.58 Å². The molecule has 0 saturated carbocycles. The van der Waals surface area contributed by atoms with E-state index in [0.717, 1.165) is 44.9 Å². The van der Waals surface area contributed by atoms with E-state index in [1.54, 1.807) is 7.11 Å². The number of hydrogen-bond donors (Lipinski definition) is 0. The summed E-state index contributed by atoms with van der Waals surface area (Å²) < 4.78 is 7.36. The smallest absolute Gasteiger partial charge is 0.0596 e. The van der Waals surface area contributed by atoms with Gasteiger partial charge in [0.1, 0.15) is 0 Å². The van der Waals surface area contributed by atoms with Crippen LogP contribution in [0.5, 0.6) is 0 Å². The van der Waals surface area contributed by atoms with E-state index in [1.807, 2.05) is 6.92 Å². The first-order valence-corrected chi connectivity index (χ1v) is 8.36. The standard InChI is InChI=1S/C19H29N3O/c1-16-6-8-19(9-7-16)15-21(12-13-23-4)10-5-11-22-18(3)14-17(2)20-22/h6-9,14H,5,10-13,15H2,1-4H3. The Morgan fingerprint density at radius 2 is 1.83 bits per heavy atom. The van der Waals surface area contributed by atoms with E-state index >= 15 is 0 Å². The van der Waals surface area contributed by atoms with Crippen molar-refractivity contribution in [2.45, 2.75) is 40.3 Å². The van der Waals surface area contributed by atoms with Crippen molar-refractivity contribution < 1.29 is 4.74 Å². The predicted molar refractivity (Wildman–Crippen MR) is 94.7 cm³/mol. The van der Waals surface area contributed by atoms with E-state index in [4.69, 9.17) is 4.74 Å². The van der Waals surface area contributed by atoms with Crippen LogP contribution in [-0.2, 0) is 17.8 Å². The van der Waals surface area contributed by atoms with Gasteiger partial charge in [-0.2, -0.15) is 5.10 Å². The van der Waals surface area contributed by atoms with Crippen LogP contribution in [0.25, 0.3) is 0 Å². The molecular weight excluding hydrogens is 286 g/mol. The summed E-state index contributed by atoms with van der Waals surface area (Å²) in [5.74, 6) is 0. The molecule has 0 radical (unpaired) electrons. The van der Waals surface area contributed by atoms with Crippen molar-refractivity contribution in [3.05, 3.63) is 52.8 Å². The minimum Gasteiger partial charge on any atom is -0.383 e. The van der Waals surface area contributed by atoms with Gasteiger partial charge in [-0.15, -0.1) is 0 Å². The summed E-state index contributed by atoms with van der Waals surface area (Å²) in [6, 6.07) is 10.9. The summed E-state index contributed by atoms with van der Waals surface area (Å²) in [6.07, 6.45) is 1.09. The van der Waals surface area contributed by atoms with E-state index in [2.05, 4.69) is 58.9 Å². The lowest BCUT2D eigenvalue weighted by Gasteiger charge is -2.22. The topological polar surface area (TPSA) is 30.3 Å². The van der Waals surface area contributed by atoms with Gasteiger partial charge in [0.2, 0.25) is 0 Å². The molecular formula is C19H29N3O. The monoisotopic (exact) mass is 315 g/mol. The predicted octanol–water partition coefficient (Wildman–Crippen LogP) is 3.35. The zero-order valence-electron chi connectivity index (χ0n) is 14.9. The molecule has 1 heterocycles. The van der Waals surface area contributed by atoms with Crippen molar-refractivity contribution in [1.29, 1.82) is 0 Å². The average molecular weight is 315 g/mol. The first-order valence-electron chi connectivity index (χ1n) is 8.36. The van der Waals surface area contributed by atoms with E-state index < -0.39 is 0 Å². The van der Waals surface area contributed by atoms with Gasteiger partial charge in [-0.1, -0.05) is 29.8 Å². The molecule has 0 unspecified atom stereocenters. The lowest BCUT2D eigenvalue weighted by molar-refractivity contribution is 0.142. The maximum absolute atomic E-state index is 5.26. The summed E-state index contributed by atoms with van der Waals surface area (Å²) in [6.45, 7) is 11.0. The molecule has 0 aliphatic carbocycles. The van der Waals surface area contributed by atoms with Crippen LogP contribution in [0.15, 0.2) is 30.3 Å². The minimum absolute atomic E-state index is 0.770. The lowest BCUT2D eigenvalue weighted by atomic mass is 10.1. The molecule has 0 fully saturated rings. The molecule has 1 aromatic heterocycles. The fourth-order valence-electron chi connectivity index (χ4n) is 2.79. The molecule has 4 nitrogen and oxygen atoms in total. The highest BCUT2D eigenvalue weighted by atomic mass is 16.5. The summed E-state index contributed by atoms with van der Waals surface area (Å²) in [5.41, 5.74) is 5.00. The Morgan fingerprint density at radius 1 is 1.09 bits per heavy atom. The van der Waals surface area contributed by atoms with Crippen molar-refractivity contribution in [3.63, 3.8) is 0 Å². The molecule has 23 heavy (non-hydrogen) atoms. The Morgan fingerprint density at radius 3 is 2.43 bits per heavy atom. The van der Waals surface area contributed by atoms with Crippen molar-refractivity contribution >= 4 is 0 Å². The quantitative estimate of drug-likeness (QED) is 0.711. The molecule has 0 N–H and O–H groups in total. The maximum atomic E-state index is 5.26. The summed E-state index contributed by atoms with van der Waals surface area (Å²) in [7, 11) is 1.76. The van der Waals surface area contributed by atoms with Crippen LogP contribution in [0.1, 0.15) is 28.9 Å². The molecule has 0 aliphatic heterocycles. The number of benzene rings is 1. The second-order valence-electron chi connectivity index (χ2n) is 6.26. The van der Waals surface area contributed by atoms with Gasteiger partial charge in [0, 0.05) is 39.0 Å². The molecule has 0 bridgehead atoms. The number of hydrogen-bond acceptors (Lipinski definition) is 3. The third-order valence-electron chi connectivity index (χ3n) is 4.09. The Balaban J connectivity index is 1.87. The Kier molecular flexibility index (Phi) is 6.81. The zero-order chi connectivity index (χ0) is 16.7. The second-order valence-corrected chi connectivity index (χ2v) is 6.26. The highest BCUT2D eigenvalue weighted by Gasteiger charge is 2.07. The van der Waals surface area contributed by atoms with Crippen LogP contribution in [0, 0.1) is 20.8 Å². The lowest BCUT2D eigenvalue weighted by Crippen LogP contribution is -2.29. The van der Waals surface area contributed by atoms with Gasteiger partial charge < -0.3 is 4.74 Å². The van der Waals surface area contributed by atoms with Crippen LogP contribution in [-0.4, -0.2) is 41.5 Å². The summed E-state index contributed by atoms with van der Waals surface area (Å²) >= 11 is 0. The van der Waals surface area contributed by atoms with Crippen LogP contribution in [0.2, 0.25) is 0 Å². The van der Waals surface area contributed by atoms with Gasteiger partial charge in [-0.25, -0.2) is 0 Å². The molecule has 2 aromatic rings. The number of ether oxygens (including phenoxy) is 1. The number of nitrogens with zero attached hydrogens (tertiary/aromatic N) is 3.